The summed E-state index contributed by atoms with van der Waals surface area (Å²) >= 11 is 1.59. The van der Waals surface area contributed by atoms with E-state index in [1.54, 1.807) is 16.0 Å². The zero-order valence-electron chi connectivity index (χ0n) is 9.77. The van der Waals surface area contributed by atoms with Gasteiger partial charge in [0.05, 0.1) is 5.69 Å². The van der Waals surface area contributed by atoms with Gasteiger partial charge >= 0.3 is 0 Å². The van der Waals surface area contributed by atoms with Crippen molar-refractivity contribution in [3.63, 3.8) is 0 Å². The van der Waals surface area contributed by atoms with Crippen molar-refractivity contribution in [1.29, 1.82) is 0 Å². The molecule has 0 saturated carbocycles. The lowest BCUT2D eigenvalue weighted by molar-refractivity contribution is 0.222. The lowest BCUT2D eigenvalue weighted by Gasteiger charge is -2.09. The van der Waals surface area contributed by atoms with Gasteiger partial charge in [-0.3, -0.25) is 4.68 Å². The van der Waals surface area contributed by atoms with Crippen molar-refractivity contribution in [2.24, 2.45) is 7.05 Å². The second-order valence-corrected chi connectivity index (χ2v) is 4.88. The number of nitrogens with zero attached hydrogens (tertiary/aromatic N) is 2. The van der Waals surface area contributed by atoms with Gasteiger partial charge in [-0.05, 0) is 30.4 Å². The topological polar surface area (TPSA) is 38.0 Å². The Balaban J connectivity index is 2.40. The van der Waals surface area contributed by atoms with Crippen LogP contribution in [0.4, 0.5) is 0 Å². The molecule has 1 atom stereocenters. The molecule has 3 nitrogen and oxygen atoms in total. The molecule has 16 heavy (non-hydrogen) atoms. The van der Waals surface area contributed by atoms with Crippen molar-refractivity contribution in [3.8, 4) is 0 Å². The molecule has 2 rings (SSSR count). The maximum atomic E-state index is 10.3. The summed E-state index contributed by atoms with van der Waals surface area (Å²) < 4.78 is 1.76. The van der Waals surface area contributed by atoms with Crippen LogP contribution < -0.4 is 0 Å². The third kappa shape index (κ3) is 1.90. The van der Waals surface area contributed by atoms with E-state index in [4.69, 9.17) is 0 Å². The minimum absolute atomic E-state index is 0.538. The largest absolute Gasteiger partial charge is 0.383 e. The molecule has 0 fully saturated rings. The van der Waals surface area contributed by atoms with Gasteiger partial charge in [0.15, 0.2) is 0 Å². The van der Waals surface area contributed by atoms with E-state index < -0.39 is 6.10 Å². The summed E-state index contributed by atoms with van der Waals surface area (Å²) in [7, 11) is 1.89. The molecule has 0 aromatic carbocycles. The van der Waals surface area contributed by atoms with Crippen LogP contribution in [0, 0.1) is 6.92 Å². The molecule has 0 aliphatic carbocycles. The highest BCUT2D eigenvalue weighted by molar-refractivity contribution is 7.10. The molecule has 0 aliphatic heterocycles. The second kappa shape index (κ2) is 4.39. The average molecular weight is 236 g/mol. The van der Waals surface area contributed by atoms with Crippen molar-refractivity contribution in [1.82, 2.24) is 9.78 Å². The Bertz CT molecular complexity index is 487. The van der Waals surface area contributed by atoms with Crippen LogP contribution in [-0.4, -0.2) is 14.9 Å². The molecule has 1 N–H and O–H groups in total. The minimum atomic E-state index is -0.538. The minimum Gasteiger partial charge on any atom is -0.383 e. The smallest absolute Gasteiger partial charge is 0.117 e. The first-order chi connectivity index (χ1) is 7.63. The summed E-state index contributed by atoms with van der Waals surface area (Å²) in [4.78, 5) is 1.02. The summed E-state index contributed by atoms with van der Waals surface area (Å²) in [5, 5.41) is 16.7. The molecule has 0 spiro atoms. The molecular formula is C12H16N2OS. The number of aliphatic hydroxyl groups excluding tert-OH is 1. The molecule has 2 heterocycles. The van der Waals surface area contributed by atoms with Crippen LogP contribution in [0.15, 0.2) is 17.6 Å². The Kier molecular flexibility index (Phi) is 3.12. The summed E-state index contributed by atoms with van der Waals surface area (Å²) in [6.45, 7) is 4.08. The molecule has 1 unspecified atom stereocenters. The molecule has 0 radical (unpaired) electrons. The van der Waals surface area contributed by atoms with Crippen molar-refractivity contribution in [2.75, 3.05) is 0 Å². The van der Waals surface area contributed by atoms with Crippen molar-refractivity contribution >= 4 is 11.3 Å². The zero-order chi connectivity index (χ0) is 11.7. The van der Waals surface area contributed by atoms with Gasteiger partial charge in [0.25, 0.3) is 0 Å². The molecule has 0 aliphatic rings. The molecule has 0 amide bonds. The third-order valence-corrected chi connectivity index (χ3v) is 3.79. The summed E-state index contributed by atoms with van der Waals surface area (Å²) in [6.07, 6.45) is 2.21. The molecule has 86 valence electrons. The first-order valence-corrected chi connectivity index (χ1v) is 6.26. The van der Waals surface area contributed by atoms with E-state index in [2.05, 4.69) is 12.0 Å². The van der Waals surface area contributed by atoms with E-state index in [1.807, 2.05) is 31.6 Å². The number of aryl methyl sites for hydroxylation is 3. The average Bonchev–Trinajstić information content (AvgIpc) is 2.83. The van der Waals surface area contributed by atoms with Gasteiger partial charge in [0.1, 0.15) is 6.10 Å². The molecule has 4 heteroatoms. The number of thiophene rings is 1. The quantitative estimate of drug-likeness (QED) is 0.889. The number of aliphatic hydroxyl groups is 1. The zero-order valence-corrected chi connectivity index (χ0v) is 10.6. The number of hydrogen-bond acceptors (Lipinski definition) is 3. The highest BCUT2D eigenvalue weighted by Gasteiger charge is 2.19. The van der Waals surface area contributed by atoms with Gasteiger partial charge in [-0.2, -0.15) is 5.10 Å². The fourth-order valence-electron chi connectivity index (χ4n) is 1.86. The SMILES string of the molecule is CCc1nn(C)cc1C(O)c1sccc1C. The fourth-order valence-corrected chi connectivity index (χ4v) is 2.79. The van der Waals surface area contributed by atoms with Crippen LogP contribution >= 0.6 is 11.3 Å². The summed E-state index contributed by atoms with van der Waals surface area (Å²) in [5.41, 5.74) is 3.04. The van der Waals surface area contributed by atoms with Crippen LogP contribution in [-0.2, 0) is 13.5 Å². The van der Waals surface area contributed by atoms with Crippen LogP contribution in [0.1, 0.15) is 34.7 Å². The van der Waals surface area contributed by atoms with Crippen molar-refractivity contribution < 1.29 is 5.11 Å². The Hall–Kier alpha value is -1.13. The number of hydrogen-bond donors (Lipinski definition) is 1. The van der Waals surface area contributed by atoms with Gasteiger partial charge in [0, 0.05) is 23.7 Å². The van der Waals surface area contributed by atoms with Gasteiger partial charge in [-0.25, -0.2) is 0 Å². The van der Waals surface area contributed by atoms with Crippen molar-refractivity contribution in [3.05, 3.63) is 39.3 Å². The van der Waals surface area contributed by atoms with Crippen LogP contribution in [0.3, 0.4) is 0 Å². The highest BCUT2D eigenvalue weighted by atomic mass is 32.1. The van der Waals surface area contributed by atoms with Gasteiger partial charge in [-0.1, -0.05) is 6.92 Å². The Morgan fingerprint density at radius 1 is 1.56 bits per heavy atom. The predicted octanol–water partition coefficient (Wildman–Crippen LogP) is 2.43. The van der Waals surface area contributed by atoms with Gasteiger partial charge < -0.3 is 5.11 Å². The van der Waals surface area contributed by atoms with Gasteiger partial charge in [-0.15, -0.1) is 11.3 Å². The van der Waals surface area contributed by atoms with E-state index in [0.717, 1.165) is 28.1 Å². The lowest BCUT2D eigenvalue weighted by Crippen LogP contribution is -2.00. The normalized spacial score (nSPS) is 13.0. The van der Waals surface area contributed by atoms with E-state index >= 15 is 0 Å². The van der Waals surface area contributed by atoms with Crippen LogP contribution in [0.2, 0.25) is 0 Å². The Labute approximate surface area is 99.4 Å². The van der Waals surface area contributed by atoms with Crippen molar-refractivity contribution in [2.45, 2.75) is 26.4 Å². The maximum absolute atomic E-state index is 10.3. The molecule has 0 saturated heterocycles. The first-order valence-electron chi connectivity index (χ1n) is 5.38. The maximum Gasteiger partial charge on any atom is 0.117 e. The van der Waals surface area contributed by atoms with E-state index in [0.29, 0.717) is 0 Å². The van der Waals surface area contributed by atoms with Crippen LogP contribution in [0.5, 0.6) is 0 Å². The Morgan fingerprint density at radius 2 is 2.31 bits per heavy atom. The van der Waals surface area contributed by atoms with E-state index in [1.165, 1.54) is 0 Å². The molecule has 2 aromatic rings. The monoisotopic (exact) mass is 236 g/mol. The van der Waals surface area contributed by atoms with E-state index in [-0.39, 0.29) is 0 Å². The molecular weight excluding hydrogens is 220 g/mol. The Morgan fingerprint density at radius 3 is 2.88 bits per heavy atom. The molecule has 0 bridgehead atoms. The highest BCUT2D eigenvalue weighted by Crippen LogP contribution is 2.30. The fraction of sp³-hybridized carbons (Fsp3) is 0.417. The lowest BCUT2D eigenvalue weighted by atomic mass is 10.1. The standard InChI is InChI=1S/C12H16N2OS/c1-4-10-9(7-14(3)13-10)11(15)12-8(2)5-6-16-12/h5-7,11,15H,4H2,1-3H3. The second-order valence-electron chi connectivity index (χ2n) is 3.93. The number of rotatable bonds is 3. The van der Waals surface area contributed by atoms with Crippen LogP contribution in [0.25, 0.3) is 0 Å². The molecule has 2 aromatic heterocycles. The summed E-state index contributed by atoms with van der Waals surface area (Å²) in [6, 6.07) is 2.03. The predicted molar refractivity (Wildman–Crippen MR) is 65.7 cm³/mol. The first kappa shape index (κ1) is 11.4. The third-order valence-electron chi connectivity index (χ3n) is 2.72. The summed E-state index contributed by atoms with van der Waals surface area (Å²) in [5.74, 6) is 0. The van der Waals surface area contributed by atoms with Gasteiger partial charge in [0.2, 0.25) is 0 Å². The number of aromatic nitrogens is 2. The van der Waals surface area contributed by atoms with E-state index in [9.17, 15) is 5.11 Å².